The minimum absolute atomic E-state index is 0.486. The number of nitrogens with one attached hydrogen (secondary N) is 1. The van der Waals surface area contributed by atoms with Crippen molar-refractivity contribution in [3.8, 4) is 17.2 Å². The van der Waals surface area contributed by atoms with Gasteiger partial charge in [-0.15, -0.1) is 0 Å². The summed E-state index contributed by atoms with van der Waals surface area (Å²) in [6.07, 6.45) is 2.01. The molecule has 3 aromatic rings. The van der Waals surface area contributed by atoms with Crippen molar-refractivity contribution in [2.24, 2.45) is 17.9 Å². The lowest BCUT2D eigenvalue weighted by atomic mass is 10.1. The number of benzene rings is 2. The fraction of sp³-hybridized carbons (Fsp3) is 0.211. The van der Waals surface area contributed by atoms with Crippen LogP contribution in [-0.2, 0) is 7.05 Å². The van der Waals surface area contributed by atoms with Gasteiger partial charge in [-0.05, 0) is 36.4 Å². The molecule has 3 rings (SSSR count). The molecule has 0 aliphatic rings. The fourth-order valence-corrected chi connectivity index (χ4v) is 2.87. The van der Waals surface area contributed by atoms with E-state index >= 15 is 0 Å². The van der Waals surface area contributed by atoms with E-state index in [0.717, 1.165) is 22.2 Å². The highest BCUT2D eigenvalue weighted by Crippen LogP contribution is 2.38. The lowest BCUT2D eigenvalue weighted by molar-refractivity contribution is 0.324. The van der Waals surface area contributed by atoms with Gasteiger partial charge in [0.1, 0.15) is 5.84 Å². The molecular formula is C19H22N4O3. The number of nitrogens with two attached hydrogens (primary N) is 1. The van der Waals surface area contributed by atoms with Crippen molar-refractivity contribution < 1.29 is 14.2 Å². The van der Waals surface area contributed by atoms with Gasteiger partial charge in [0.2, 0.25) is 5.75 Å². The van der Waals surface area contributed by atoms with Crippen LogP contribution in [-0.4, -0.2) is 31.7 Å². The number of methoxy groups -OCH3 is 3. The lowest BCUT2D eigenvalue weighted by Gasteiger charge is -2.15. The molecule has 26 heavy (non-hydrogen) atoms. The molecule has 0 radical (unpaired) electrons. The van der Waals surface area contributed by atoms with Crippen molar-refractivity contribution in [2.75, 3.05) is 21.3 Å². The molecule has 0 amide bonds. The van der Waals surface area contributed by atoms with E-state index in [-0.39, 0.29) is 0 Å². The average Bonchev–Trinajstić information content (AvgIpc) is 3.05. The van der Waals surface area contributed by atoms with Gasteiger partial charge in [-0.2, -0.15) is 0 Å². The summed E-state index contributed by atoms with van der Waals surface area (Å²) in [5.41, 5.74) is 5.29. The predicted molar refractivity (Wildman–Crippen MR) is 103 cm³/mol. The molecule has 7 nitrogen and oxygen atoms in total. The number of fused-ring (bicyclic) bond motifs is 1. The molecular weight excluding hydrogens is 332 g/mol. The Hall–Kier alpha value is -3.19. The third kappa shape index (κ3) is 3.16. The van der Waals surface area contributed by atoms with Crippen LogP contribution in [0, 0.1) is 0 Å². The van der Waals surface area contributed by atoms with Crippen LogP contribution in [0.25, 0.3) is 10.9 Å². The van der Waals surface area contributed by atoms with Gasteiger partial charge in [-0.25, -0.2) is 10.8 Å². The van der Waals surface area contributed by atoms with Crippen LogP contribution in [0.1, 0.15) is 5.56 Å². The van der Waals surface area contributed by atoms with E-state index in [1.54, 1.807) is 33.5 Å². The normalized spacial score (nSPS) is 11.5. The van der Waals surface area contributed by atoms with Crippen molar-refractivity contribution in [1.29, 1.82) is 0 Å². The van der Waals surface area contributed by atoms with E-state index in [0.29, 0.717) is 23.1 Å². The number of aryl methyl sites for hydroxylation is 1. The molecule has 3 N–H and O–H groups in total. The summed E-state index contributed by atoms with van der Waals surface area (Å²) in [5, 5.41) is 1.11. The third-order valence-corrected chi connectivity index (χ3v) is 4.18. The molecule has 0 saturated carbocycles. The number of nitrogens with zero attached hydrogens (tertiary/aromatic N) is 2. The first-order valence-corrected chi connectivity index (χ1v) is 8.02. The standard InChI is InChI=1S/C19H22N4O3/c1-23-8-7-12-9-14(5-6-15(12)23)21-19(22-20)13-10-16(24-2)18(26-4)17(11-13)25-3/h5-11H,20H2,1-4H3,(H,21,22). The Balaban J connectivity index is 2.08. The average molecular weight is 354 g/mol. The summed E-state index contributed by atoms with van der Waals surface area (Å²) < 4.78 is 18.2. The number of aromatic nitrogens is 1. The minimum atomic E-state index is 0.486. The first kappa shape index (κ1) is 17.6. The summed E-state index contributed by atoms with van der Waals surface area (Å²) in [6, 6.07) is 11.6. The Morgan fingerprint density at radius 1 is 1.00 bits per heavy atom. The number of amidine groups is 1. The van der Waals surface area contributed by atoms with Crippen LogP contribution in [0.2, 0.25) is 0 Å². The predicted octanol–water partition coefficient (Wildman–Crippen LogP) is 2.75. The molecule has 1 aromatic heterocycles. The van der Waals surface area contributed by atoms with E-state index in [1.807, 2.05) is 37.5 Å². The second kappa shape index (κ2) is 7.37. The molecule has 7 heteroatoms. The number of rotatable bonds is 5. The Morgan fingerprint density at radius 2 is 1.69 bits per heavy atom. The van der Waals surface area contributed by atoms with Gasteiger partial charge in [-0.1, -0.05) is 0 Å². The van der Waals surface area contributed by atoms with Gasteiger partial charge >= 0.3 is 0 Å². The smallest absolute Gasteiger partial charge is 0.203 e. The zero-order chi connectivity index (χ0) is 18.7. The molecule has 0 unspecified atom stereocenters. The fourth-order valence-electron chi connectivity index (χ4n) is 2.87. The number of hydrogen-bond acceptors (Lipinski definition) is 5. The number of aliphatic imine (C=N–C) groups is 1. The summed E-state index contributed by atoms with van der Waals surface area (Å²) in [5.74, 6) is 7.79. The highest BCUT2D eigenvalue weighted by molar-refractivity contribution is 6.01. The minimum Gasteiger partial charge on any atom is -0.493 e. The Bertz CT molecular complexity index is 938. The molecule has 136 valence electrons. The Kier molecular flexibility index (Phi) is 4.99. The second-order valence-electron chi connectivity index (χ2n) is 5.69. The maximum absolute atomic E-state index is 5.73. The summed E-state index contributed by atoms with van der Waals surface area (Å²) in [6.45, 7) is 0. The van der Waals surface area contributed by atoms with Gasteiger partial charge in [0.05, 0.1) is 27.0 Å². The van der Waals surface area contributed by atoms with Crippen molar-refractivity contribution in [3.63, 3.8) is 0 Å². The van der Waals surface area contributed by atoms with Gasteiger partial charge in [0, 0.05) is 29.7 Å². The van der Waals surface area contributed by atoms with Crippen LogP contribution in [0.3, 0.4) is 0 Å². The maximum atomic E-state index is 5.73. The molecule has 0 atom stereocenters. The third-order valence-electron chi connectivity index (χ3n) is 4.18. The van der Waals surface area contributed by atoms with E-state index in [4.69, 9.17) is 20.1 Å². The quantitative estimate of drug-likeness (QED) is 0.319. The zero-order valence-corrected chi connectivity index (χ0v) is 15.2. The molecule has 2 aromatic carbocycles. The zero-order valence-electron chi connectivity index (χ0n) is 15.2. The van der Waals surface area contributed by atoms with E-state index in [2.05, 4.69) is 15.0 Å². The summed E-state index contributed by atoms with van der Waals surface area (Å²) in [4.78, 5) is 4.63. The number of hydrazine groups is 1. The van der Waals surface area contributed by atoms with Gasteiger partial charge in [0.25, 0.3) is 0 Å². The van der Waals surface area contributed by atoms with E-state index in [9.17, 15) is 0 Å². The Labute approximate surface area is 152 Å². The van der Waals surface area contributed by atoms with Crippen LogP contribution in [0.15, 0.2) is 47.6 Å². The largest absolute Gasteiger partial charge is 0.493 e. The van der Waals surface area contributed by atoms with Gasteiger partial charge in [0.15, 0.2) is 11.5 Å². The van der Waals surface area contributed by atoms with Crippen LogP contribution >= 0.6 is 0 Å². The van der Waals surface area contributed by atoms with E-state index in [1.165, 1.54) is 0 Å². The monoisotopic (exact) mass is 354 g/mol. The van der Waals surface area contributed by atoms with Crippen LogP contribution in [0.4, 0.5) is 5.69 Å². The molecule has 0 aliphatic carbocycles. The van der Waals surface area contributed by atoms with E-state index < -0.39 is 0 Å². The van der Waals surface area contributed by atoms with Crippen molar-refractivity contribution in [1.82, 2.24) is 9.99 Å². The summed E-state index contributed by atoms with van der Waals surface area (Å²) in [7, 11) is 6.70. The first-order valence-electron chi connectivity index (χ1n) is 8.02. The molecule has 0 saturated heterocycles. The Morgan fingerprint density at radius 3 is 2.27 bits per heavy atom. The highest BCUT2D eigenvalue weighted by Gasteiger charge is 2.16. The van der Waals surface area contributed by atoms with Gasteiger partial charge < -0.3 is 24.2 Å². The second-order valence-corrected chi connectivity index (χ2v) is 5.69. The molecule has 1 heterocycles. The lowest BCUT2D eigenvalue weighted by Crippen LogP contribution is -2.31. The molecule has 0 aliphatic heterocycles. The topological polar surface area (TPSA) is 83.0 Å². The van der Waals surface area contributed by atoms with Crippen LogP contribution in [0.5, 0.6) is 17.2 Å². The first-order chi connectivity index (χ1) is 12.6. The van der Waals surface area contributed by atoms with Crippen molar-refractivity contribution in [2.45, 2.75) is 0 Å². The molecule has 0 bridgehead atoms. The van der Waals surface area contributed by atoms with Crippen LogP contribution < -0.4 is 25.5 Å². The summed E-state index contributed by atoms with van der Waals surface area (Å²) >= 11 is 0. The van der Waals surface area contributed by atoms with Crippen molar-refractivity contribution in [3.05, 3.63) is 48.2 Å². The SMILES string of the molecule is COc1cc(C(=Nc2ccc3c(ccn3C)c2)NN)cc(OC)c1OC. The van der Waals surface area contributed by atoms with Gasteiger partial charge in [-0.3, -0.25) is 0 Å². The molecule has 0 spiro atoms. The molecule has 0 fully saturated rings. The highest BCUT2D eigenvalue weighted by atomic mass is 16.5. The number of hydrogen-bond donors (Lipinski definition) is 2. The maximum Gasteiger partial charge on any atom is 0.203 e. The van der Waals surface area contributed by atoms with Crippen molar-refractivity contribution >= 4 is 22.4 Å². The number of ether oxygens (including phenoxy) is 3.